The van der Waals surface area contributed by atoms with Crippen molar-refractivity contribution >= 4 is 6.09 Å². The van der Waals surface area contributed by atoms with Crippen molar-refractivity contribution in [2.24, 2.45) is 0 Å². The first-order valence-corrected chi connectivity index (χ1v) is 7.23. The Labute approximate surface area is 126 Å². The number of amides is 1. The third-order valence-corrected chi connectivity index (χ3v) is 2.84. The van der Waals surface area contributed by atoms with E-state index < -0.39 is 11.7 Å². The van der Waals surface area contributed by atoms with Crippen molar-refractivity contribution in [1.82, 2.24) is 10.6 Å². The van der Waals surface area contributed by atoms with Crippen LogP contribution in [-0.2, 0) is 4.74 Å². The van der Waals surface area contributed by atoms with Crippen LogP contribution in [0.25, 0.3) is 0 Å². The van der Waals surface area contributed by atoms with Crippen LogP contribution in [0.15, 0.2) is 24.3 Å². The lowest BCUT2D eigenvalue weighted by atomic mass is 10.1. The molecule has 0 heterocycles. The van der Waals surface area contributed by atoms with Crippen LogP contribution in [0.3, 0.4) is 0 Å². The Morgan fingerprint density at radius 2 is 1.86 bits per heavy atom. The molecule has 0 aliphatic rings. The molecule has 1 unspecified atom stereocenters. The van der Waals surface area contributed by atoms with Gasteiger partial charge < -0.3 is 15.4 Å². The van der Waals surface area contributed by atoms with Gasteiger partial charge in [-0.2, -0.15) is 0 Å². The van der Waals surface area contributed by atoms with Crippen molar-refractivity contribution in [1.29, 1.82) is 0 Å². The Morgan fingerprint density at radius 1 is 1.24 bits per heavy atom. The van der Waals surface area contributed by atoms with E-state index in [-0.39, 0.29) is 11.9 Å². The first-order valence-electron chi connectivity index (χ1n) is 7.23. The molecular formula is C16H25FN2O2. The van der Waals surface area contributed by atoms with E-state index in [1.807, 2.05) is 27.7 Å². The van der Waals surface area contributed by atoms with E-state index in [1.54, 1.807) is 12.1 Å². The molecule has 0 spiro atoms. The number of nitrogens with one attached hydrogen (secondary N) is 2. The Kier molecular flexibility index (Phi) is 6.62. The van der Waals surface area contributed by atoms with Crippen LogP contribution < -0.4 is 10.6 Å². The second kappa shape index (κ2) is 7.98. The quantitative estimate of drug-likeness (QED) is 0.791. The lowest BCUT2D eigenvalue weighted by molar-refractivity contribution is 0.0527. The summed E-state index contributed by atoms with van der Waals surface area (Å²) in [7, 11) is 0. The maximum absolute atomic E-state index is 12.8. The van der Waals surface area contributed by atoms with Crippen molar-refractivity contribution < 1.29 is 13.9 Å². The molecule has 2 N–H and O–H groups in total. The second-order valence-corrected chi connectivity index (χ2v) is 6.01. The summed E-state index contributed by atoms with van der Waals surface area (Å²) in [4.78, 5) is 11.4. The van der Waals surface area contributed by atoms with Crippen LogP contribution in [0, 0.1) is 5.82 Å². The summed E-state index contributed by atoms with van der Waals surface area (Å²) >= 11 is 0. The largest absolute Gasteiger partial charge is 0.444 e. The number of carbonyl (C=O) groups excluding carboxylic acids is 1. The highest BCUT2D eigenvalue weighted by Gasteiger charge is 2.15. The van der Waals surface area contributed by atoms with Crippen molar-refractivity contribution in [3.05, 3.63) is 35.6 Å². The monoisotopic (exact) mass is 296 g/mol. The highest BCUT2D eigenvalue weighted by atomic mass is 19.1. The molecule has 5 heteroatoms. The standard InChI is InChI=1S/C16H25FN2O2/c1-12(13-6-8-14(17)9-7-13)18-10-5-11-19-15(20)21-16(2,3)4/h6-9,12,18H,5,10-11H2,1-4H3,(H,19,20). The van der Waals surface area contributed by atoms with Gasteiger partial charge in [0.2, 0.25) is 0 Å². The third kappa shape index (κ3) is 7.66. The van der Waals surface area contributed by atoms with Crippen LogP contribution in [0.1, 0.15) is 45.7 Å². The molecule has 0 saturated heterocycles. The zero-order valence-corrected chi connectivity index (χ0v) is 13.2. The van der Waals surface area contributed by atoms with Crippen molar-refractivity contribution in [2.75, 3.05) is 13.1 Å². The van der Waals surface area contributed by atoms with Crippen LogP contribution >= 0.6 is 0 Å². The average Bonchev–Trinajstić information content (AvgIpc) is 2.36. The number of hydrogen-bond donors (Lipinski definition) is 2. The minimum Gasteiger partial charge on any atom is -0.444 e. The van der Waals surface area contributed by atoms with Crippen molar-refractivity contribution in [2.45, 2.75) is 45.8 Å². The van der Waals surface area contributed by atoms with Crippen LogP contribution in [0.5, 0.6) is 0 Å². The van der Waals surface area contributed by atoms with Gasteiger partial charge in [-0.1, -0.05) is 12.1 Å². The van der Waals surface area contributed by atoms with E-state index in [0.717, 1.165) is 18.5 Å². The van der Waals surface area contributed by atoms with Gasteiger partial charge in [0.15, 0.2) is 0 Å². The molecule has 0 aromatic heterocycles. The number of halogens is 1. The molecule has 1 aromatic rings. The van der Waals surface area contributed by atoms with Gasteiger partial charge >= 0.3 is 6.09 Å². The van der Waals surface area contributed by atoms with Crippen LogP contribution in [-0.4, -0.2) is 24.8 Å². The zero-order valence-electron chi connectivity index (χ0n) is 13.2. The minimum atomic E-state index is -0.473. The first kappa shape index (κ1) is 17.4. The lowest BCUT2D eigenvalue weighted by Crippen LogP contribution is -2.34. The summed E-state index contributed by atoms with van der Waals surface area (Å²) in [5.74, 6) is -0.229. The average molecular weight is 296 g/mol. The fraction of sp³-hybridized carbons (Fsp3) is 0.562. The number of ether oxygens (including phenoxy) is 1. The van der Waals surface area contributed by atoms with E-state index in [0.29, 0.717) is 6.54 Å². The van der Waals surface area contributed by atoms with Crippen molar-refractivity contribution in [3.8, 4) is 0 Å². The molecule has 1 amide bonds. The molecule has 0 fully saturated rings. The summed E-state index contributed by atoms with van der Waals surface area (Å²) < 4.78 is 18.0. The lowest BCUT2D eigenvalue weighted by Gasteiger charge is -2.20. The molecule has 0 radical (unpaired) electrons. The Balaban J connectivity index is 2.16. The Morgan fingerprint density at radius 3 is 2.43 bits per heavy atom. The molecule has 1 aromatic carbocycles. The van der Waals surface area contributed by atoms with Crippen molar-refractivity contribution in [3.63, 3.8) is 0 Å². The molecule has 0 aliphatic heterocycles. The van der Waals surface area contributed by atoms with Gasteiger partial charge in [0.25, 0.3) is 0 Å². The van der Waals surface area contributed by atoms with Gasteiger partial charge in [-0.15, -0.1) is 0 Å². The maximum atomic E-state index is 12.8. The number of hydrogen-bond acceptors (Lipinski definition) is 3. The summed E-state index contributed by atoms with van der Waals surface area (Å²) in [5.41, 5.74) is 0.566. The van der Waals surface area contributed by atoms with Gasteiger partial charge in [0, 0.05) is 12.6 Å². The second-order valence-electron chi connectivity index (χ2n) is 6.01. The molecule has 0 saturated carbocycles. The number of rotatable bonds is 6. The molecule has 1 atom stereocenters. The topological polar surface area (TPSA) is 50.4 Å². The number of carbonyl (C=O) groups is 1. The highest BCUT2D eigenvalue weighted by Crippen LogP contribution is 2.12. The summed E-state index contributed by atoms with van der Waals surface area (Å²) in [6.45, 7) is 8.83. The van der Waals surface area contributed by atoms with E-state index in [1.165, 1.54) is 12.1 Å². The van der Waals surface area contributed by atoms with Crippen LogP contribution in [0.4, 0.5) is 9.18 Å². The molecule has 1 rings (SSSR count). The zero-order chi connectivity index (χ0) is 15.9. The van der Waals surface area contributed by atoms with E-state index in [4.69, 9.17) is 4.74 Å². The molecule has 4 nitrogen and oxygen atoms in total. The van der Waals surface area contributed by atoms with Gasteiger partial charge in [-0.25, -0.2) is 9.18 Å². The summed E-state index contributed by atoms with van der Waals surface area (Å²) in [5, 5.41) is 6.04. The van der Waals surface area contributed by atoms with E-state index in [9.17, 15) is 9.18 Å². The van der Waals surface area contributed by atoms with Crippen LogP contribution in [0.2, 0.25) is 0 Å². The molecule has 118 valence electrons. The predicted octanol–water partition coefficient (Wildman–Crippen LogP) is 3.39. The van der Waals surface area contributed by atoms with E-state index >= 15 is 0 Å². The van der Waals surface area contributed by atoms with E-state index in [2.05, 4.69) is 10.6 Å². The normalized spacial score (nSPS) is 12.8. The molecule has 0 aliphatic carbocycles. The highest BCUT2D eigenvalue weighted by molar-refractivity contribution is 5.67. The van der Waals surface area contributed by atoms with Gasteiger partial charge in [-0.05, 0) is 58.4 Å². The SMILES string of the molecule is CC(NCCCNC(=O)OC(C)(C)C)c1ccc(F)cc1. The van der Waals surface area contributed by atoms with Gasteiger partial charge in [0.05, 0.1) is 0 Å². The summed E-state index contributed by atoms with van der Waals surface area (Å²) in [6, 6.07) is 6.60. The smallest absolute Gasteiger partial charge is 0.407 e. The predicted molar refractivity (Wildman–Crippen MR) is 81.7 cm³/mol. The van der Waals surface area contributed by atoms with Gasteiger partial charge in [0.1, 0.15) is 11.4 Å². The first-order chi connectivity index (χ1) is 9.78. The fourth-order valence-electron chi connectivity index (χ4n) is 1.78. The number of benzene rings is 1. The molecule has 21 heavy (non-hydrogen) atoms. The summed E-state index contributed by atoms with van der Waals surface area (Å²) in [6.07, 6.45) is 0.402. The number of alkyl carbamates (subject to hydrolysis) is 1. The molecular weight excluding hydrogens is 271 g/mol. The molecule has 0 bridgehead atoms. The van der Waals surface area contributed by atoms with Gasteiger partial charge in [-0.3, -0.25) is 0 Å². The fourth-order valence-corrected chi connectivity index (χ4v) is 1.78. The Hall–Kier alpha value is -1.62. The third-order valence-electron chi connectivity index (χ3n) is 2.84. The minimum absolute atomic E-state index is 0.145. The Bertz CT molecular complexity index is 441. The maximum Gasteiger partial charge on any atom is 0.407 e.